The Morgan fingerprint density at radius 2 is 2.12 bits per heavy atom. The topological polar surface area (TPSA) is 38.3 Å². The van der Waals surface area contributed by atoms with E-state index >= 15 is 0 Å². The number of alkyl halides is 1. The van der Waals surface area contributed by atoms with Crippen LogP contribution in [0.4, 0.5) is 0 Å². The number of hydrogen-bond donors (Lipinski definition) is 1. The number of nitrogens with one attached hydrogen (secondary N) is 1. The van der Waals surface area contributed by atoms with Gasteiger partial charge in [-0.2, -0.15) is 0 Å². The fourth-order valence-corrected chi connectivity index (χ4v) is 2.62. The second-order valence-corrected chi connectivity index (χ2v) is 5.86. The number of hydrogen-bond acceptors (Lipinski definition) is 2. The highest BCUT2D eigenvalue weighted by molar-refractivity contribution is 9.09. The molecule has 1 unspecified atom stereocenters. The summed E-state index contributed by atoms with van der Waals surface area (Å²) in [6.45, 7) is 1.28. The van der Waals surface area contributed by atoms with Crippen LogP contribution in [0.1, 0.15) is 38.5 Å². The molecule has 1 N–H and O–H groups in total. The Kier molecular flexibility index (Phi) is 7.05. The van der Waals surface area contributed by atoms with Crippen LogP contribution < -0.4 is 5.32 Å². The minimum absolute atomic E-state index is 0.187. The molecular formula is C12H22BrNO2. The highest BCUT2D eigenvalue weighted by atomic mass is 79.9. The molecule has 0 bridgehead atoms. The van der Waals surface area contributed by atoms with E-state index in [9.17, 15) is 4.79 Å². The molecule has 1 aliphatic carbocycles. The van der Waals surface area contributed by atoms with E-state index in [1.54, 1.807) is 7.11 Å². The van der Waals surface area contributed by atoms with Crippen LogP contribution in [0.15, 0.2) is 0 Å². The fraction of sp³-hybridized carbons (Fsp3) is 0.917. The molecule has 16 heavy (non-hydrogen) atoms. The Labute approximate surface area is 106 Å². The summed E-state index contributed by atoms with van der Waals surface area (Å²) in [4.78, 5) is 11.9. The van der Waals surface area contributed by atoms with Crippen molar-refractivity contribution in [3.8, 4) is 0 Å². The van der Waals surface area contributed by atoms with E-state index in [-0.39, 0.29) is 10.7 Å². The SMILES string of the molecule is COCC(Br)CNC(=O)CC1CCCCC1. The molecule has 1 amide bonds. The van der Waals surface area contributed by atoms with Gasteiger partial charge in [0.05, 0.1) is 11.4 Å². The van der Waals surface area contributed by atoms with Crippen molar-refractivity contribution < 1.29 is 9.53 Å². The van der Waals surface area contributed by atoms with Crippen LogP contribution in [0.5, 0.6) is 0 Å². The molecule has 0 heterocycles. The highest BCUT2D eigenvalue weighted by Gasteiger charge is 2.17. The summed E-state index contributed by atoms with van der Waals surface area (Å²) in [6.07, 6.45) is 7.08. The summed E-state index contributed by atoms with van der Waals surface area (Å²) in [7, 11) is 1.66. The molecule has 0 aromatic rings. The lowest BCUT2D eigenvalue weighted by molar-refractivity contribution is -0.122. The van der Waals surface area contributed by atoms with Gasteiger partial charge in [0.2, 0.25) is 5.91 Å². The molecule has 3 nitrogen and oxygen atoms in total. The summed E-state index contributed by atoms with van der Waals surface area (Å²) in [5.41, 5.74) is 0. The Balaban J connectivity index is 2.10. The van der Waals surface area contributed by atoms with Crippen LogP contribution in [0.3, 0.4) is 0 Å². The third-order valence-electron chi connectivity index (χ3n) is 3.07. The van der Waals surface area contributed by atoms with Crippen LogP contribution in [0.2, 0.25) is 0 Å². The van der Waals surface area contributed by atoms with E-state index in [0.29, 0.717) is 25.5 Å². The maximum atomic E-state index is 11.6. The van der Waals surface area contributed by atoms with Crippen molar-refractivity contribution in [3.05, 3.63) is 0 Å². The van der Waals surface area contributed by atoms with Gasteiger partial charge in [0.1, 0.15) is 0 Å². The van der Waals surface area contributed by atoms with Crippen LogP contribution >= 0.6 is 15.9 Å². The lowest BCUT2D eigenvalue weighted by atomic mass is 9.87. The molecule has 94 valence electrons. The first-order valence-corrected chi connectivity index (χ1v) is 7.03. The Hall–Kier alpha value is -0.0900. The summed E-state index contributed by atoms with van der Waals surface area (Å²) < 4.78 is 4.99. The molecular weight excluding hydrogens is 270 g/mol. The van der Waals surface area contributed by atoms with Crippen molar-refractivity contribution in [2.24, 2.45) is 5.92 Å². The second kappa shape index (κ2) is 8.07. The van der Waals surface area contributed by atoms with E-state index < -0.39 is 0 Å². The Morgan fingerprint density at radius 3 is 2.75 bits per heavy atom. The summed E-state index contributed by atoms with van der Waals surface area (Å²) in [6, 6.07) is 0. The fourth-order valence-electron chi connectivity index (χ4n) is 2.19. The van der Waals surface area contributed by atoms with Crippen molar-refractivity contribution in [3.63, 3.8) is 0 Å². The average Bonchev–Trinajstić information content (AvgIpc) is 2.28. The monoisotopic (exact) mass is 291 g/mol. The van der Waals surface area contributed by atoms with Crippen molar-refractivity contribution in [2.75, 3.05) is 20.3 Å². The molecule has 1 saturated carbocycles. The third kappa shape index (κ3) is 5.85. The number of carbonyl (C=O) groups excluding carboxylic acids is 1. The minimum atomic E-state index is 0.187. The maximum Gasteiger partial charge on any atom is 0.220 e. The molecule has 0 saturated heterocycles. The zero-order valence-electron chi connectivity index (χ0n) is 10.0. The van der Waals surface area contributed by atoms with Gasteiger partial charge in [-0.05, 0) is 18.8 Å². The molecule has 1 rings (SSSR count). The van der Waals surface area contributed by atoms with Crippen LogP contribution in [-0.2, 0) is 9.53 Å². The van der Waals surface area contributed by atoms with Gasteiger partial charge in [-0.3, -0.25) is 4.79 Å². The zero-order chi connectivity index (χ0) is 11.8. The zero-order valence-corrected chi connectivity index (χ0v) is 11.6. The molecule has 0 aromatic carbocycles. The van der Waals surface area contributed by atoms with Gasteiger partial charge in [0, 0.05) is 20.1 Å². The van der Waals surface area contributed by atoms with Gasteiger partial charge >= 0.3 is 0 Å². The summed E-state index contributed by atoms with van der Waals surface area (Å²) >= 11 is 3.45. The molecule has 4 heteroatoms. The highest BCUT2D eigenvalue weighted by Crippen LogP contribution is 2.25. The number of halogens is 1. The van der Waals surface area contributed by atoms with Crippen molar-refractivity contribution in [1.82, 2.24) is 5.32 Å². The van der Waals surface area contributed by atoms with Crippen LogP contribution in [-0.4, -0.2) is 31.0 Å². The van der Waals surface area contributed by atoms with E-state index in [0.717, 1.165) is 0 Å². The smallest absolute Gasteiger partial charge is 0.220 e. The van der Waals surface area contributed by atoms with Gasteiger partial charge < -0.3 is 10.1 Å². The predicted octanol–water partition coefficient (Wildman–Crippen LogP) is 2.48. The largest absolute Gasteiger partial charge is 0.383 e. The molecule has 0 spiro atoms. The quantitative estimate of drug-likeness (QED) is 0.764. The maximum absolute atomic E-state index is 11.6. The van der Waals surface area contributed by atoms with Crippen LogP contribution in [0.25, 0.3) is 0 Å². The first-order chi connectivity index (χ1) is 7.72. The van der Waals surface area contributed by atoms with Gasteiger partial charge in [-0.1, -0.05) is 35.2 Å². The summed E-state index contributed by atoms with van der Waals surface area (Å²) in [5, 5.41) is 2.95. The van der Waals surface area contributed by atoms with Crippen LogP contribution in [0, 0.1) is 5.92 Å². The molecule has 1 atom stereocenters. The lowest BCUT2D eigenvalue weighted by Gasteiger charge is -2.21. The predicted molar refractivity (Wildman–Crippen MR) is 68.8 cm³/mol. The molecule has 0 aliphatic heterocycles. The number of ether oxygens (including phenoxy) is 1. The molecule has 0 radical (unpaired) electrons. The van der Waals surface area contributed by atoms with Crippen molar-refractivity contribution in [1.29, 1.82) is 0 Å². The normalized spacial score (nSPS) is 19.4. The second-order valence-electron chi connectivity index (χ2n) is 4.56. The van der Waals surface area contributed by atoms with Crippen molar-refractivity contribution in [2.45, 2.75) is 43.4 Å². The van der Waals surface area contributed by atoms with Gasteiger partial charge in [0.25, 0.3) is 0 Å². The van der Waals surface area contributed by atoms with Gasteiger partial charge in [-0.15, -0.1) is 0 Å². The number of methoxy groups -OCH3 is 1. The van der Waals surface area contributed by atoms with Gasteiger partial charge in [0.15, 0.2) is 0 Å². The number of amides is 1. The van der Waals surface area contributed by atoms with E-state index in [1.165, 1.54) is 32.1 Å². The summed E-state index contributed by atoms with van der Waals surface area (Å²) in [5.74, 6) is 0.803. The first kappa shape index (κ1) is 14.0. The van der Waals surface area contributed by atoms with E-state index in [4.69, 9.17) is 4.74 Å². The van der Waals surface area contributed by atoms with E-state index in [1.807, 2.05) is 0 Å². The Morgan fingerprint density at radius 1 is 1.44 bits per heavy atom. The van der Waals surface area contributed by atoms with Gasteiger partial charge in [-0.25, -0.2) is 0 Å². The Bertz CT molecular complexity index is 205. The molecule has 0 aromatic heterocycles. The minimum Gasteiger partial charge on any atom is -0.383 e. The third-order valence-corrected chi connectivity index (χ3v) is 3.66. The number of carbonyl (C=O) groups is 1. The standard InChI is InChI=1S/C12H22BrNO2/c1-16-9-11(13)8-14-12(15)7-10-5-3-2-4-6-10/h10-11H,2-9H2,1H3,(H,14,15). The lowest BCUT2D eigenvalue weighted by Crippen LogP contribution is -2.32. The molecule has 1 fully saturated rings. The average molecular weight is 292 g/mol. The van der Waals surface area contributed by atoms with E-state index in [2.05, 4.69) is 21.2 Å². The van der Waals surface area contributed by atoms with Crippen molar-refractivity contribution >= 4 is 21.8 Å². The number of rotatable bonds is 6. The molecule has 1 aliphatic rings. The first-order valence-electron chi connectivity index (χ1n) is 6.12.